The van der Waals surface area contributed by atoms with Gasteiger partial charge < -0.3 is 4.43 Å². The van der Waals surface area contributed by atoms with Crippen molar-refractivity contribution >= 4 is 29.3 Å². The molecule has 0 aliphatic heterocycles. The number of benzene rings is 3. The molecule has 7 heteroatoms. The molecule has 5 nitrogen and oxygen atoms in total. The Morgan fingerprint density at radius 3 is 2.05 bits per heavy atom. The van der Waals surface area contributed by atoms with Gasteiger partial charge in [0.2, 0.25) is 0 Å². The van der Waals surface area contributed by atoms with Gasteiger partial charge >= 0.3 is 0 Å². The van der Waals surface area contributed by atoms with Gasteiger partial charge in [-0.25, -0.2) is 0 Å². The number of fused-ring (bicyclic) bond motifs is 1. The molecule has 0 bridgehead atoms. The Kier molecular flexibility index (Phi) is 10.5. The Labute approximate surface area is 259 Å². The molecule has 0 saturated carbocycles. The second kappa shape index (κ2) is 13.7. The van der Waals surface area contributed by atoms with Crippen LogP contribution in [0.15, 0.2) is 77.7 Å². The lowest BCUT2D eigenvalue weighted by Gasteiger charge is -2.37. The normalized spacial score (nSPS) is 12.5. The highest BCUT2D eigenvalue weighted by atomic mass is 32.2. The van der Waals surface area contributed by atoms with Gasteiger partial charge in [0.1, 0.15) is 5.75 Å². The van der Waals surface area contributed by atoms with Gasteiger partial charge in [-0.3, -0.25) is 9.17 Å². The summed E-state index contributed by atoms with van der Waals surface area (Å²) in [6, 6.07) is 23.9. The van der Waals surface area contributed by atoms with Crippen molar-refractivity contribution in [2.24, 2.45) is 0 Å². The highest BCUT2D eigenvalue weighted by Gasteiger charge is 2.39. The number of unbranched alkanes of at least 4 members (excludes halogenated alkanes) is 2. The standard InChI is InChI=1S/C36H47NO4SSi/c1-27-16-23-31(24-17-27)42(38,39)40-26-12-8-9-13-29-18-20-30(21-19-29)22-25-33-28(2)35(41-43(6,7)36(3,4)5)32-14-10-11-15-34(32)37-33/h10-11,14-21,23-24H,8-9,12-13,22,25-26H2,1-7H3. The molecule has 0 atom stereocenters. The maximum atomic E-state index is 12.3. The molecule has 0 aliphatic carbocycles. The lowest BCUT2D eigenvalue weighted by Crippen LogP contribution is -2.44. The number of para-hydroxylation sites is 1. The van der Waals surface area contributed by atoms with Gasteiger partial charge in [-0.05, 0) is 99.5 Å². The molecule has 0 spiro atoms. The van der Waals surface area contributed by atoms with Crippen molar-refractivity contribution in [2.75, 3.05) is 6.61 Å². The van der Waals surface area contributed by atoms with Crippen LogP contribution in [0.2, 0.25) is 18.1 Å². The fraction of sp³-hybridized carbons (Fsp3) is 0.417. The molecule has 1 aromatic heterocycles. The maximum Gasteiger partial charge on any atom is 0.296 e. The van der Waals surface area contributed by atoms with Crippen molar-refractivity contribution in [2.45, 2.75) is 96.2 Å². The third-order valence-corrected chi connectivity index (χ3v) is 14.3. The van der Waals surface area contributed by atoms with E-state index in [1.807, 2.05) is 13.0 Å². The van der Waals surface area contributed by atoms with Crippen molar-refractivity contribution in [3.05, 3.63) is 101 Å². The molecular weight excluding hydrogens is 571 g/mol. The van der Waals surface area contributed by atoms with Gasteiger partial charge in [-0.2, -0.15) is 8.42 Å². The molecule has 0 fully saturated rings. The average Bonchev–Trinajstić information content (AvgIpc) is 2.95. The predicted octanol–water partition coefficient (Wildman–Crippen LogP) is 9.14. The summed E-state index contributed by atoms with van der Waals surface area (Å²) in [4.78, 5) is 5.26. The molecule has 43 heavy (non-hydrogen) atoms. The number of aromatic nitrogens is 1. The van der Waals surface area contributed by atoms with Crippen molar-refractivity contribution in [3.8, 4) is 5.75 Å². The molecule has 230 valence electrons. The zero-order chi connectivity index (χ0) is 31.3. The first-order chi connectivity index (χ1) is 20.3. The van der Waals surface area contributed by atoms with Crippen molar-refractivity contribution in [3.63, 3.8) is 0 Å². The molecule has 0 aliphatic rings. The van der Waals surface area contributed by atoms with E-state index in [4.69, 9.17) is 13.6 Å². The summed E-state index contributed by atoms with van der Waals surface area (Å²) in [6.45, 7) is 15.7. The lowest BCUT2D eigenvalue weighted by molar-refractivity contribution is 0.307. The fourth-order valence-electron chi connectivity index (χ4n) is 4.79. The molecule has 0 unspecified atom stereocenters. The molecule has 0 saturated heterocycles. The number of rotatable bonds is 13. The van der Waals surface area contributed by atoms with Crippen LogP contribution in [0.3, 0.4) is 0 Å². The van der Waals surface area contributed by atoms with Gasteiger partial charge in [-0.1, -0.05) is 81.3 Å². The Balaban J connectivity index is 1.29. The largest absolute Gasteiger partial charge is 0.543 e. The van der Waals surface area contributed by atoms with Crippen molar-refractivity contribution in [1.82, 2.24) is 4.98 Å². The average molecular weight is 618 g/mol. The Morgan fingerprint density at radius 2 is 1.40 bits per heavy atom. The van der Waals surface area contributed by atoms with E-state index < -0.39 is 18.4 Å². The summed E-state index contributed by atoms with van der Waals surface area (Å²) in [5.74, 6) is 1.00. The number of hydrogen-bond acceptors (Lipinski definition) is 5. The first-order valence-electron chi connectivity index (χ1n) is 15.4. The van der Waals surface area contributed by atoms with Gasteiger partial charge in [0, 0.05) is 16.6 Å². The highest BCUT2D eigenvalue weighted by molar-refractivity contribution is 7.86. The van der Waals surface area contributed by atoms with Crippen LogP contribution in [0, 0.1) is 13.8 Å². The summed E-state index contributed by atoms with van der Waals surface area (Å²) in [5, 5.41) is 1.21. The smallest absolute Gasteiger partial charge is 0.296 e. The molecule has 1 heterocycles. The summed E-state index contributed by atoms with van der Waals surface area (Å²) in [5.41, 5.74) is 6.84. The topological polar surface area (TPSA) is 65.5 Å². The molecule has 0 N–H and O–H groups in total. The minimum Gasteiger partial charge on any atom is -0.543 e. The minimum atomic E-state index is -3.69. The second-order valence-electron chi connectivity index (χ2n) is 13.1. The summed E-state index contributed by atoms with van der Waals surface area (Å²) in [7, 11) is -5.70. The Hall–Kier alpha value is -3.00. The van der Waals surface area contributed by atoms with Gasteiger partial charge in [0.05, 0.1) is 17.0 Å². The van der Waals surface area contributed by atoms with E-state index in [0.717, 1.165) is 65.6 Å². The number of nitrogens with zero attached hydrogens (tertiary/aromatic N) is 1. The Morgan fingerprint density at radius 1 is 0.767 bits per heavy atom. The van der Waals surface area contributed by atoms with Gasteiger partial charge in [0.15, 0.2) is 0 Å². The van der Waals surface area contributed by atoms with E-state index in [2.05, 4.69) is 83.3 Å². The van der Waals surface area contributed by atoms with Crippen molar-refractivity contribution in [1.29, 1.82) is 0 Å². The summed E-state index contributed by atoms with van der Waals surface area (Å²) in [6.07, 6.45) is 5.35. The van der Waals surface area contributed by atoms with Crippen LogP contribution >= 0.6 is 0 Å². The van der Waals surface area contributed by atoms with E-state index in [9.17, 15) is 8.42 Å². The predicted molar refractivity (Wildman–Crippen MR) is 180 cm³/mol. The molecule has 4 rings (SSSR count). The SMILES string of the molecule is Cc1ccc(S(=O)(=O)OCCCCCc2ccc(CCc3nc4ccccc4c(O[Si](C)(C)C(C)(C)C)c3C)cc2)cc1. The van der Waals surface area contributed by atoms with E-state index in [0.29, 0.717) is 6.42 Å². The third kappa shape index (κ3) is 8.55. The number of aryl methyl sites for hydroxylation is 4. The second-order valence-corrected chi connectivity index (χ2v) is 19.4. The van der Waals surface area contributed by atoms with Gasteiger partial charge in [-0.15, -0.1) is 0 Å². The quantitative estimate of drug-likeness (QED) is 0.0850. The maximum absolute atomic E-state index is 12.3. The fourth-order valence-corrected chi connectivity index (χ4v) is 6.82. The number of hydrogen-bond donors (Lipinski definition) is 0. The lowest BCUT2D eigenvalue weighted by atomic mass is 10.0. The first-order valence-corrected chi connectivity index (χ1v) is 19.7. The number of pyridine rings is 1. The highest BCUT2D eigenvalue weighted by Crippen LogP contribution is 2.41. The van der Waals surface area contributed by atoms with E-state index in [-0.39, 0.29) is 16.5 Å². The van der Waals surface area contributed by atoms with Crippen molar-refractivity contribution < 1.29 is 17.0 Å². The van der Waals surface area contributed by atoms with Crippen LogP contribution in [0.4, 0.5) is 0 Å². The zero-order valence-corrected chi connectivity index (χ0v) is 28.7. The van der Waals surface area contributed by atoms with Crippen LogP contribution in [0.25, 0.3) is 10.9 Å². The van der Waals surface area contributed by atoms with Crippen LogP contribution in [0.1, 0.15) is 68.0 Å². The molecule has 3 aromatic carbocycles. The molecule has 4 aromatic rings. The van der Waals surface area contributed by atoms with Crippen LogP contribution in [-0.4, -0.2) is 28.3 Å². The van der Waals surface area contributed by atoms with Crippen LogP contribution < -0.4 is 4.43 Å². The van der Waals surface area contributed by atoms with E-state index >= 15 is 0 Å². The third-order valence-electron chi connectivity index (χ3n) is 8.67. The monoisotopic (exact) mass is 617 g/mol. The molecule has 0 radical (unpaired) electrons. The minimum absolute atomic E-state index is 0.113. The summed E-state index contributed by atoms with van der Waals surface area (Å²) < 4.78 is 36.8. The van der Waals surface area contributed by atoms with Crippen LogP contribution in [-0.2, 0) is 33.6 Å². The molecular formula is C36H47NO4SSi. The summed E-state index contributed by atoms with van der Waals surface area (Å²) >= 11 is 0. The van der Waals surface area contributed by atoms with E-state index in [1.165, 1.54) is 11.1 Å². The zero-order valence-electron chi connectivity index (χ0n) is 26.9. The Bertz CT molecular complexity index is 1620. The first kappa shape index (κ1) is 32.9. The molecule has 0 amide bonds. The van der Waals surface area contributed by atoms with Gasteiger partial charge in [0.25, 0.3) is 18.4 Å². The van der Waals surface area contributed by atoms with Crippen LogP contribution in [0.5, 0.6) is 5.75 Å². The van der Waals surface area contributed by atoms with E-state index in [1.54, 1.807) is 24.3 Å².